The monoisotopic (exact) mass is 759 g/mol. The molecule has 0 amide bonds. The van der Waals surface area contributed by atoms with Gasteiger partial charge in [-0.2, -0.15) is 0 Å². The maximum Gasteiger partial charge on any atom is 0.338 e. The first-order chi connectivity index (χ1) is 26.4. The number of carboxylic acids is 2. The van der Waals surface area contributed by atoms with Crippen LogP contribution in [0.4, 0.5) is 0 Å². The van der Waals surface area contributed by atoms with Crippen molar-refractivity contribution in [2.75, 3.05) is 20.1 Å². The van der Waals surface area contributed by atoms with Crippen molar-refractivity contribution in [1.82, 2.24) is 4.90 Å². The number of carboxylic acid groups (broad SMARTS) is 2. The van der Waals surface area contributed by atoms with Gasteiger partial charge in [-0.25, -0.2) is 19.2 Å². The molecule has 1 aromatic heterocycles. The fraction of sp³-hybridized carbons (Fsp3) is 0.227. The standard InChI is InChI=1S/C21H18O5.C19H19NS.C4H4O4/c1-21(2,26-20(23)13-6-4-3-5-7-13)18-11-15-10-14-8-9-19(22)25-16(14)12-17(15)24-18;1-20-12-10-14(11-13-20)19-15-6-2-4-8-17(15)21-18-9-5-3-7-16(18)19;5-3(6)1-2-4(7)8/h3-10,12,18H,11H2,1-2H3;2-9H,10-13H2,1H3;1-2H,(H,5,6)(H,7,8). The van der Waals surface area contributed by atoms with Gasteiger partial charge in [0.15, 0.2) is 0 Å². The van der Waals surface area contributed by atoms with Gasteiger partial charge in [0, 0.05) is 59.0 Å². The van der Waals surface area contributed by atoms with Gasteiger partial charge in [0.05, 0.1) is 5.56 Å². The number of carbonyl (C=O) groups is 3. The van der Waals surface area contributed by atoms with Crippen LogP contribution < -0.4 is 10.4 Å². The Bertz CT molecular complexity index is 2270. The van der Waals surface area contributed by atoms with Gasteiger partial charge in [-0.1, -0.05) is 71.9 Å². The fourth-order valence-electron chi connectivity index (χ4n) is 6.58. The highest BCUT2D eigenvalue weighted by atomic mass is 32.2. The number of ether oxygens (including phenoxy) is 2. The van der Waals surface area contributed by atoms with E-state index in [0.29, 0.717) is 35.5 Å². The Labute approximate surface area is 322 Å². The van der Waals surface area contributed by atoms with Gasteiger partial charge in [-0.15, -0.1) is 0 Å². The summed E-state index contributed by atoms with van der Waals surface area (Å²) in [6.07, 6.45) is 3.79. The predicted molar refractivity (Wildman–Crippen MR) is 211 cm³/mol. The summed E-state index contributed by atoms with van der Waals surface area (Å²) in [5.41, 5.74) is 6.77. The third-order valence-corrected chi connectivity index (χ3v) is 10.6. The summed E-state index contributed by atoms with van der Waals surface area (Å²) in [6, 6.07) is 33.4. The number of carbonyl (C=O) groups excluding carboxylic acids is 1. The number of aliphatic carboxylic acids is 2. The van der Waals surface area contributed by atoms with Crippen molar-refractivity contribution in [3.05, 3.63) is 154 Å². The number of piperidine rings is 1. The van der Waals surface area contributed by atoms with Crippen molar-refractivity contribution in [3.8, 4) is 5.75 Å². The van der Waals surface area contributed by atoms with Crippen molar-refractivity contribution >= 4 is 46.2 Å². The highest BCUT2D eigenvalue weighted by Gasteiger charge is 2.40. The molecule has 0 bridgehead atoms. The average Bonchev–Trinajstić information content (AvgIpc) is 3.60. The highest BCUT2D eigenvalue weighted by molar-refractivity contribution is 7.99. The van der Waals surface area contributed by atoms with Crippen LogP contribution in [0.15, 0.2) is 140 Å². The van der Waals surface area contributed by atoms with Crippen LogP contribution >= 0.6 is 11.8 Å². The largest absolute Gasteiger partial charge is 0.485 e. The smallest absolute Gasteiger partial charge is 0.338 e. The van der Waals surface area contributed by atoms with Crippen LogP contribution in [-0.4, -0.2) is 64.9 Å². The molecule has 0 saturated carbocycles. The van der Waals surface area contributed by atoms with Crippen LogP contribution in [0.3, 0.4) is 0 Å². The molecule has 3 aliphatic rings. The van der Waals surface area contributed by atoms with Gasteiger partial charge >= 0.3 is 23.5 Å². The van der Waals surface area contributed by atoms with E-state index >= 15 is 0 Å². The van der Waals surface area contributed by atoms with Gasteiger partial charge in [0.25, 0.3) is 0 Å². The van der Waals surface area contributed by atoms with Gasteiger partial charge in [-0.3, -0.25) is 0 Å². The Hall–Kier alpha value is -5.91. The lowest BCUT2D eigenvalue weighted by Crippen LogP contribution is -2.43. The van der Waals surface area contributed by atoms with E-state index in [2.05, 4.69) is 60.5 Å². The van der Waals surface area contributed by atoms with Crippen LogP contribution in [0.1, 0.15) is 53.7 Å². The van der Waals surface area contributed by atoms with Gasteiger partial charge in [0.1, 0.15) is 23.0 Å². The predicted octanol–water partition coefficient (Wildman–Crippen LogP) is 8.12. The quantitative estimate of drug-likeness (QED) is 0.0999. The first kappa shape index (κ1) is 38.8. The van der Waals surface area contributed by atoms with Crippen molar-refractivity contribution < 1.29 is 38.5 Å². The second kappa shape index (κ2) is 17.0. The molecule has 1 fully saturated rings. The topological polar surface area (TPSA) is 144 Å². The average molecular weight is 760 g/mol. The van der Waals surface area contributed by atoms with Crippen molar-refractivity contribution in [2.24, 2.45) is 0 Å². The number of esters is 1. The second-order valence-corrected chi connectivity index (χ2v) is 14.9. The maximum atomic E-state index is 12.4. The van der Waals surface area contributed by atoms with Crippen LogP contribution in [-0.2, 0) is 20.7 Å². The lowest BCUT2D eigenvalue weighted by molar-refractivity contribution is -0.134. The van der Waals surface area contributed by atoms with E-state index in [4.69, 9.17) is 24.1 Å². The maximum absolute atomic E-state index is 12.4. The Kier molecular flexibility index (Phi) is 12.0. The zero-order valence-corrected chi connectivity index (χ0v) is 31.5. The van der Waals surface area contributed by atoms with Crippen LogP contribution in [0.2, 0.25) is 0 Å². The van der Waals surface area contributed by atoms with Crippen molar-refractivity contribution in [3.63, 3.8) is 0 Å². The minimum atomic E-state index is -1.26. The van der Waals surface area contributed by atoms with Crippen LogP contribution in [0, 0.1) is 0 Å². The molecule has 11 heteroatoms. The first-order valence-electron chi connectivity index (χ1n) is 17.8. The Morgan fingerprint density at radius 3 is 2.00 bits per heavy atom. The molecule has 282 valence electrons. The minimum absolute atomic E-state index is 0.325. The van der Waals surface area contributed by atoms with E-state index in [1.165, 1.54) is 58.5 Å². The lowest BCUT2D eigenvalue weighted by Gasteiger charge is -2.30. The molecule has 0 aliphatic carbocycles. The molecule has 2 N–H and O–H groups in total. The Morgan fingerprint density at radius 1 is 0.818 bits per heavy atom. The van der Waals surface area contributed by atoms with Crippen molar-refractivity contribution in [2.45, 2.75) is 54.6 Å². The summed E-state index contributed by atoms with van der Waals surface area (Å²) in [5.74, 6) is -2.24. The normalized spacial score (nSPS) is 16.0. The molecule has 0 radical (unpaired) electrons. The zero-order valence-electron chi connectivity index (χ0n) is 30.7. The number of rotatable bonds is 5. The number of nitrogens with zero attached hydrogens (tertiary/aromatic N) is 1. The van der Waals surface area contributed by atoms with E-state index in [1.54, 1.807) is 42.0 Å². The lowest BCUT2D eigenvalue weighted by atomic mass is 9.88. The molecule has 1 atom stereocenters. The molecule has 4 heterocycles. The Balaban J connectivity index is 0.000000159. The van der Waals surface area contributed by atoms with E-state index in [1.807, 2.05) is 37.7 Å². The minimum Gasteiger partial charge on any atom is -0.485 e. The van der Waals surface area contributed by atoms with E-state index in [0.717, 1.165) is 10.9 Å². The molecule has 0 spiro atoms. The van der Waals surface area contributed by atoms with Crippen molar-refractivity contribution in [1.29, 1.82) is 0 Å². The summed E-state index contributed by atoms with van der Waals surface area (Å²) < 4.78 is 16.9. The summed E-state index contributed by atoms with van der Waals surface area (Å²) in [5, 5.41) is 16.5. The zero-order chi connectivity index (χ0) is 39.1. The summed E-state index contributed by atoms with van der Waals surface area (Å²) in [4.78, 5) is 48.1. The highest BCUT2D eigenvalue weighted by Crippen LogP contribution is 2.47. The Morgan fingerprint density at radius 2 is 1.40 bits per heavy atom. The second-order valence-electron chi connectivity index (χ2n) is 13.8. The van der Waals surface area contributed by atoms with Gasteiger partial charge in [0.2, 0.25) is 0 Å². The van der Waals surface area contributed by atoms with E-state index < -0.39 is 23.2 Å². The molecule has 3 aliphatic heterocycles. The van der Waals surface area contributed by atoms with Crippen LogP contribution in [0.5, 0.6) is 5.75 Å². The van der Waals surface area contributed by atoms with Gasteiger partial charge in [-0.05, 0) is 92.4 Å². The molecule has 10 nitrogen and oxygen atoms in total. The summed E-state index contributed by atoms with van der Waals surface area (Å²) >= 11 is 1.91. The molecule has 4 aromatic carbocycles. The molecule has 8 rings (SSSR count). The molecular formula is C44H41NO9S. The number of hydrogen-bond donors (Lipinski definition) is 2. The number of hydrogen-bond acceptors (Lipinski definition) is 9. The summed E-state index contributed by atoms with van der Waals surface area (Å²) in [6.45, 7) is 6.03. The molecule has 1 saturated heterocycles. The third kappa shape index (κ3) is 9.61. The number of fused-ring (bicyclic) bond motifs is 4. The molecular weight excluding hydrogens is 719 g/mol. The fourth-order valence-corrected chi connectivity index (χ4v) is 7.67. The number of benzene rings is 4. The van der Waals surface area contributed by atoms with Gasteiger partial charge < -0.3 is 29.0 Å². The molecule has 1 unspecified atom stereocenters. The SMILES string of the molecule is CC(C)(OC(=O)c1ccccc1)C1Cc2cc3ccc(=O)oc3cc2O1.CN1CCC(=C2c3ccccc3Sc3ccccc32)CC1.O=C(O)C=CC(=O)O. The third-order valence-electron chi connectivity index (χ3n) is 9.46. The first-order valence-corrected chi connectivity index (χ1v) is 18.6. The molecule has 5 aromatic rings. The van der Waals surface area contributed by atoms with E-state index in [9.17, 15) is 19.2 Å². The van der Waals surface area contributed by atoms with E-state index in [-0.39, 0.29) is 12.1 Å². The summed E-state index contributed by atoms with van der Waals surface area (Å²) in [7, 11) is 2.22. The van der Waals surface area contributed by atoms with Crippen LogP contribution in [0.25, 0.3) is 16.5 Å². The molecule has 55 heavy (non-hydrogen) atoms. The number of likely N-dealkylation sites (tertiary alicyclic amines) is 1.